The highest BCUT2D eigenvalue weighted by atomic mass is 32.1. The van der Waals surface area contributed by atoms with Crippen LogP contribution in [-0.2, 0) is 20.7 Å². The Bertz CT molecular complexity index is 744. The van der Waals surface area contributed by atoms with Gasteiger partial charge in [-0.1, -0.05) is 12.1 Å². The van der Waals surface area contributed by atoms with Crippen LogP contribution in [0.5, 0.6) is 5.75 Å². The van der Waals surface area contributed by atoms with E-state index in [-0.39, 0.29) is 18.3 Å². The normalized spacial score (nSPS) is 10.6. The number of esters is 1. The van der Waals surface area contributed by atoms with E-state index < -0.39 is 11.8 Å². The minimum Gasteiger partial charge on any atom is -0.494 e. The summed E-state index contributed by atoms with van der Waals surface area (Å²) in [6.45, 7) is 0.127. The minimum atomic E-state index is -0.676. The maximum absolute atomic E-state index is 13.5. The number of hydrogen-bond acceptors (Lipinski definition) is 5. The van der Waals surface area contributed by atoms with Crippen molar-refractivity contribution in [3.05, 3.63) is 58.0 Å². The predicted molar refractivity (Wildman–Crippen MR) is 94.0 cm³/mol. The number of methoxy groups -OCH3 is 1. The molecule has 1 amide bonds. The van der Waals surface area contributed by atoms with Gasteiger partial charge in [0, 0.05) is 17.5 Å². The summed E-state index contributed by atoms with van der Waals surface area (Å²) in [7, 11) is 1.37. The van der Waals surface area contributed by atoms with Gasteiger partial charge in [-0.25, -0.2) is 9.18 Å². The summed E-state index contributed by atoms with van der Waals surface area (Å²) in [5, 5.41) is 4.65. The number of amides is 1. The highest BCUT2D eigenvalue weighted by molar-refractivity contribution is 7.09. The molecule has 0 fully saturated rings. The third kappa shape index (κ3) is 6.39. The van der Waals surface area contributed by atoms with Gasteiger partial charge in [0.15, 0.2) is 18.2 Å². The summed E-state index contributed by atoms with van der Waals surface area (Å²) in [5.41, 5.74) is 0.482. The first-order valence-corrected chi connectivity index (χ1v) is 8.44. The van der Waals surface area contributed by atoms with Gasteiger partial charge >= 0.3 is 5.97 Å². The van der Waals surface area contributed by atoms with E-state index in [2.05, 4.69) is 5.32 Å². The van der Waals surface area contributed by atoms with Crippen molar-refractivity contribution in [2.24, 2.45) is 0 Å². The van der Waals surface area contributed by atoms with Crippen LogP contribution in [0.25, 0.3) is 6.08 Å². The van der Waals surface area contributed by atoms with Crippen molar-refractivity contribution in [2.75, 3.05) is 20.3 Å². The van der Waals surface area contributed by atoms with Crippen LogP contribution in [0.15, 0.2) is 41.8 Å². The SMILES string of the molecule is COc1ccc(/C=C/C(=O)OCC(=O)NCCc2cccs2)cc1F. The van der Waals surface area contributed by atoms with Crippen molar-refractivity contribution in [3.63, 3.8) is 0 Å². The molecule has 2 rings (SSSR count). The Hall–Kier alpha value is -2.67. The largest absolute Gasteiger partial charge is 0.494 e. The van der Waals surface area contributed by atoms with Crippen LogP contribution in [0.1, 0.15) is 10.4 Å². The zero-order chi connectivity index (χ0) is 18.1. The quantitative estimate of drug-likeness (QED) is 0.579. The first-order valence-electron chi connectivity index (χ1n) is 7.56. The number of nitrogens with one attached hydrogen (secondary N) is 1. The molecule has 0 saturated carbocycles. The summed E-state index contributed by atoms with van der Waals surface area (Å²) in [6.07, 6.45) is 3.28. The lowest BCUT2D eigenvalue weighted by Crippen LogP contribution is -2.30. The average Bonchev–Trinajstić information content (AvgIpc) is 3.11. The Labute approximate surface area is 149 Å². The van der Waals surface area contributed by atoms with Gasteiger partial charge < -0.3 is 14.8 Å². The molecule has 0 bridgehead atoms. The molecule has 132 valence electrons. The summed E-state index contributed by atoms with van der Waals surface area (Å²) in [5.74, 6) is -1.44. The van der Waals surface area contributed by atoms with E-state index >= 15 is 0 Å². The summed E-state index contributed by atoms with van der Waals surface area (Å²) in [6, 6.07) is 8.23. The van der Waals surface area contributed by atoms with Gasteiger partial charge in [-0.15, -0.1) is 11.3 Å². The molecular weight excluding hydrogens is 345 g/mol. The van der Waals surface area contributed by atoms with Gasteiger partial charge in [0.1, 0.15) is 0 Å². The van der Waals surface area contributed by atoms with Gasteiger partial charge in [0.05, 0.1) is 7.11 Å². The molecule has 2 aromatic rings. The van der Waals surface area contributed by atoms with Gasteiger partial charge in [-0.2, -0.15) is 0 Å². The molecule has 0 aliphatic carbocycles. The van der Waals surface area contributed by atoms with Gasteiger partial charge in [0.2, 0.25) is 0 Å². The summed E-state index contributed by atoms with van der Waals surface area (Å²) in [4.78, 5) is 24.3. The molecule has 0 saturated heterocycles. The van der Waals surface area contributed by atoms with Gasteiger partial charge in [-0.05, 0) is 41.6 Å². The van der Waals surface area contributed by atoms with Gasteiger partial charge in [0.25, 0.3) is 5.91 Å². The Morgan fingerprint density at radius 1 is 1.32 bits per heavy atom. The summed E-state index contributed by atoms with van der Waals surface area (Å²) >= 11 is 1.62. The number of hydrogen-bond donors (Lipinski definition) is 1. The molecule has 7 heteroatoms. The molecule has 1 aromatic heterocycles. The maximum atomic E-state index is 13.5. The molecule has 0 aliphatic heterocycles. The molecule has 0 unspecified atom stereocenters. The standard InChI is InChI=1S/C18H18FNO4S/c1-23-16-6-4-13(11-15(16)19)5-7-18(22)24-12-17(21)20-9-8-14-3-2-10-25-14/h2-7,10-11H,8-9,12H2,1H3,(H,20,21)/b7-5+. The monoisotopic (exact) mass is 363 g/mol. The number of benzene rings is 1. The Morgan fingerprint density at radius 2 is 2.16 bits per heavy atom. The molecule has 0 aliphatic rings. The number of ether oxygens (including phenoxy) is 2. The van der Waals surface area contributed by atoms with Crippen LogP contribution in [0.4, 0.5) is 4.39 Å². The van der Waals surface area contributed by atoms with E-state index in [1.54, 1.807) is 17.4 Å². The third-order valence-electron chi connectivity index (χ3n) is 3.21. The predicted octanol–water partition coefficient (Wildman–Crippen LogP) is 2.81. The van der Waals surface area contributed by atoms with E-state index in [1.165, 1.54) is 30.2 Å². The average molecular weight is 363 g/mol. The molecule has 0 spiro atoms. The van der Waals surface area contributed by atoms with Crippen LogP contribution in [0.2, 0.25) is 0 Å². The lowest BCUT2D eigenvalue weighted by molar-refractivity contribution is -0.143. The number of rotatable bonds is 8. The Morgan fingerprint density at radius 3 is 2.84 bits per heavy atom. The van der Waals surface area contributed by atoms with Gasteiger partial charge in [-0.3, -0.25) is 4.79 Å². The van der Waals surface area contributed by atoms with Crippen molar-refractivity contribution >= 4 is 29.3 Å². The van der Waals surface area contributed by atoms with E-state index in [9.17, 15) is 14.0 Å². The zero-order valence-corrected chi connectivity index (χ0v) is 14.5. The van der Waals surface area contributed by atoms with Crippen LogP contribution in [0.3, 0.4) is 0 Å². The number of thiophene rings is 1. The van der Waals surface area contributed by atoms with Crippen LogP contribution in [-0.4, -0.2) is 32.1 Å². The Balaban J connectivity index is 1.70. The lowest BCUT2D eigenvalue weighted by atomic mass is 10.2. The second-order valence-electron chi connectivity index (χ2n) is 5.01. The molecular formula is C18H18FNO4S. The van der Waals surface area contributed by atoms with Crippen molar-refractivity contribution in [1.82, 2.24) is 5.32 Å². The number of halogens is 1. The fourth-order valence-corrected chi connectivity index (χ4v) is 2.68. The second-order valence-corrected chi connectivity index (χ2v) is 6.05. The number of carbonyl (C=O) groups is 2. The first kappa shape index (κ1) is 18.7. The summed E-state index contributed by atoms with van der Waals surface area (Å²) < 4.78 is 23.2. The first-order chi connectivity index (χ1) is 12.1. The molecule has 0 atom stereocenters. The molecule has 1 heterocycles. The molecule has 1 aromatic carbocycles. The zero-order valence-electron chi connectivity index (χ0n) is 13.7. The Kier molecular flexibility index (Phi) is 7.16. The topological polar surface area (TPSA) is 64.6 Å². The fraction of sp³-hybridized carbons (Fsp3) is 0.222. The van der Waals surface area contributed by atoms with Crippen LogP contribution < -0.4 is 10.1 Å². The van der Waals surface area contributed by atoms with E-state index in [1.807, 2.05) is 17.5 Å². The van der Waals surface area contributed by atoms with Crippen molar-refractivity contribution in [1.29, 1.82) is 0 Å². The third-order valence-corrected chi connectivity index (χ3v) is 4.14. The second kappa shape index (κ2) is 9.58. The van der Waals surface area contributed by atoms with Crippen LogP contribution in [0, 0.1) is 5.82 Å². The maximum Gasteiger partial charge on any atom is 0.331 e. The molecule has 5 nitrogen and oxygen atoms in total. The number of carbonyl (C=O) groups excluding carboxylic acids is 2. The van der Waals surface area contributed by atoms with Crippen molar-refractivity contribution in [3.8, 4) is 5.75 Å². The van der Waals surface area contributed by atoms with E-state index in [0.717, 1.165) is 12.5 Å². The lowest BCUT2D eigenvalue weighted by Gasteiger charge is -2.04. The fourth-order valence-electron chi connectivity index (χ4n) is 1.97. The molecule has 0 radical (unpaired) electrons. The highest BCUT2D eigenvalue weighted by Gasteiger charge is 2.06. The van der Waals surface area contributed by atoms with Crippen LogP contribution >= 0.6 is 11.3 Å². The van der Waals surface area contributed by atoms with Crippen molar-refractivity contribution < 1.29 is 23.5 Å². The minimum absolute atomic E-state index is 0.124. The van der Waals surface area contributed by atoms with E-state index in [4.69, 9.17) is 9.47 Å². The molecule has 25 heavy (non-hydrogen) atoms. The van der Waals surface area contributed by atoms with Crippen molar-refractivity contribution in [2.45, 2.75) is 6.42 Å². The molecule has 1 N–H and O–H groups in total. The smallest absolute Gasteiger partial charge is 0.331 e. The highest BCUT2D eigenvalue weighted by Crippen LogP contribution is 2.18. The van der Waals surface area contributed by atoms with E-state index in [0.29, 0.717) is 12.1 Å².